The van der Waals surface area contributed by atoms with Crippen LogP contribution in [0.5, 0.6) is 5.75 Å². The Balaban J connectivity index is 1.48. The van der Waals surface area contributed by atoms with Crippen molar-refractivity contribution in [1.82, 2.24) is 5.43 Å². The van der Waals surface area contributed by atoms with E-state index in [2.05, 4.69) is 15.8 Å². The van der Waals surface area contributed by atoms with Gasteiger partial charge >= 0.3 is 11.8 Å². The highest BCUT2D eigenvalue weighted by Crippen LogP contribution is 2.19. The van der Waals surface area contributed by atoms with Gasteiger partial charge in [0.25, 0.3) is 0 Å². The first-order valence-electron chi connectivity index (χ1n) is 8.87. The van der Waals surface area contributed by atoms with Gasteiger partial charge in [-0.25, -0.2) is 5.43 Å². The molecule has 30 heavy (non-hydrogen) atoms. The molecule has 0 fully saturated rings. The largest absolute Gasteiger partial charge is 0.489 e. The highest BCUT2D eigenvalue weighted by Gasteiger charge is 2.13. The van der Waals surface area contributed by atoms with E-state index in [-0.39, 0.29) is 0 Å². The second kappa shape index (κ2) is 10.4. The number of anilines is 1. The van der Waals surface area contributed by atoms with Crippen LogP contribution in [0, 0.1) is 0 Å². The van der Waals surface area contributed by atoms with Gasteiger partial charge in [0.2, 0.25) is 0 Å². The molecule has 2 N–H and O–H groups in total. The van der Waals surface area contributed by atoms with E-state index < -0.39 is 11.8 Å². The van der Waals surface area contributed by atoms with E-state index in [0.717, 1.165) is 5.56 Å². The average molecular weight is 442 g/mol. The van der Waals surface area contributed by atoms with Crippen LogP contribution in [0.3, 0.4) is 0 Å². The quantitative estimate of drug-likeness (QED) is 0.331. The molecule has 3 aromatic rings. The van der Waals surface area contributed by atoms with Crippen LogP contribution in [-0.4, -0.2) is 18.0 Å². The van der Waals surface area contributed by atoms with Crippen molar-refractivity contribution in [3.63, 3.8) is 0 Å². The van der Waals surface area contributed by atoms with Crippen molar-refractivity contribution >= 4 is 46.9 Å². The predicted molar refractivity (Wildman–Crippen MR) is 118 cm³/mol. The molecule has 3 aromatic carbocycles. The van der Waals surface area contributed by atoms with Crippen LogP contribution in [-0.2, 0) is 16.2 Å². The van der Waals surface area contributed by atoms with Crippen LogP contribution in [0.1, 0.15) is 11.1 Å². The standard InChI is InChI=1S/C22H17Cl2N3O3/c23-17-7-6-16(20(24)12-17)13-25-27-22(29)21(28)26-18-8-10-19(11-9-18)30-14-15-4-2-1-3-5-15/h1-13H,14H2,(H,26,28)(H,27,29)/b25-13-. The van der Waals surface area contributed by atoms with Crippen LogP contribution in [0.25, 0.3) is 0 Å². The molecule has 0 spiro atoms. The number of nitrogens with zero attached hydrogens (tertiary/aromatic N) is 1. The lowest BCUT2D eigenvalue weighted by Gasteiger charge is -2.08. The highest BCUT2D eigenvalue weighted by atomic mass is 35.5. The summed E-state index contributed by atoms with van der Waals surface area (Å²) >= 11 is 11.8. The summed E-state index contributed by atoms with van der Waals surface area (Å²) in [5.41, 5.74) is 4.19. The summed E-state index contributed by atoms with van der Waals surface area (Å²) < 4.78 is 5.68. The molecule has 0 heterocycles. The Morgan fingerprint density at radius 2 is 1.67 bits per heavy atom. The van der Waals surface area contributed by atoms with Crippen molar-refractivity contribution < 1.29 is 14.3 Å². The SMILES string of the molecule is O=C(N/N=C\c1ccc(Cl)cc1Cl)C(=O)Nc1ccc(OCc2ccccc2)cc1. The van der Waals surface area contributed by atoms with E-state index in [1.165, 1.54) is 6.21 Å². The second-order valence-corrected chi connectivity index (χ2v) is 6.96. The number of hydrogen-bond acceptors (Lipinski definition) is 4. The maximum absolute atomic E-state index is 12.0. The molecule has 6 nitrogen and oxygen atoms in total. The van der Waals surface area contributed by atoms with Crippen molar-refractivity contribution in [1.29, 1.82) is 0 Å². The van der Waals surface area contributed by atoms with E-state index in [4.69, 9.17) is 27.9 Å². The van der Waals surface area contributed by atoms with Crippen molar-refractivity contribution in [2.75, 3.05) is 5.32 Å². The first-order valence-corrected chi connectivity index (χ1v) is 9.63. The lowest BCUT2D eigenvalue weighted by molar-refractivity contribution is -0.136. The fourth-order valence-corrected chi connectivity index (χ4v) is 2.84. The Hall–Kier alpha value is -3.35. The number of hydrogen-bond donors (Lipinski definition) is 2. The summed E-state index contributed by atoms with van der Waals surface area (Å²) in [5.74, 6) is -1.13. The van der Waals surface area contributed by atoms with Crippen LogP contribution in [0.15, 0.2) is 77.9 Å². The fraction of sp³-hybridized carbons (Fsp3) is 0.0455. The average Bonchev–Trinajstić information content (AvgIpc) is 2.75. The predicted octanol–water partition coefficient (Wildman–Crippen LogP) is 4.66. The van der Waals surface area contributed by atoms with Gasteiger partial charge in [0.05, 0.1) is 11.2 Å². The minimum absolute atomic E-state index is 0.375. The molecule has 2 amide bonds. The molecule has 0 atom stereocenters. The van der Waals surface area contributed by atoms with Gasteiger partial charge in [0.1, 0.15) is 12.4 Å². The molecular weight excluding hydrogens is 425 g/mol. The number of rotatable bonds is 6. The van der Waals surface area contributed by atoms with Gasteiger partial charge in [-0.3, -0.25) is 9.59 Å². The Labute approximate surface area is 183 Å². The normalized spacial score (nSPS) is 10.6. The molecule has 152 valence electrons. The van der Waals surface area contributed by atoms with Crippen LogP contribution < -0.4 is 15.5 Å². The summed E-state index contributed by atoms with van der Waals surface area (Å²) in [6.45, 7) is 0.435. The molecule has 8 heteroatoms. The molecule has 0 aromatic heterocycles. The molecule has 0 aliphatic rings. The van der Waals surface area contributed by atoms with Gasteiger partial charge in [-0.1, -0.05) is 59.6 Å². The highest BCUT2D eigenvalue weighted by molar-refractivity contribution is 6.39. The maximum Gasteiger partial charge on any atom is 0.329 e. The first kappa shape index (κ1) is 21.4. The molecule has 0 aliphatic heterocycles. The summed E-state index contributed by atoms with van der Waals surface area (Å²) in [4.78, 5) is 23.9. The van der Waals surface area contributed by atoms with Crippen molar-refractivity contribution in [2.24, 2.45) is 5.10 Å². The molecular formula is C22H17Cl2N3O3. The maximum atomic E-state index is 12.0. The molecule has 0 unspecified atom stereocenters. The first-order chi connectivity index (χ1) is 14.5. The van der Waals surface area contributed by atoms with Crippen molar-refractivity contribution in [3.05, 3.63) is 94.0 Å². The Morgan fingerprint density at radius 3 is 2.37 bits per heavy atom. The van der Waals surface area contributed by atoms with E-state index in [0.29, 0.717) is 33.7 Å². The Morgan fingerprint density at radius 1 is 0.933 bits per heavy atom. The number of benzene rings is 3. The fourth-order valence-electron chi connectivity index (χ4n) is 2.38. The molecule has 0 saturated heterocycles. The zero-order valence-electron chi connectivity index (χ0n) is 15.6. The number of carbonyl (C=O) groups is 2. The number of halogens is 2. The van der Waals surface area contributed by atoms with E-state index in [1.54, 1.807) is 42.5 Å². The van der Waals surface area contributed by atoms with Crippen LogP contribution in [0.2, 0.25) is 10.0 Å². The molecule has 0 aliphatic carbocycles. The summed E-state index contributed by atoms with van der Waals surface area (Å²) in [7, 11) is 0. The number of carbonyl (C=O) groups excluding carboxylic acids is 2. The number of amides is 2. The Bertz CT molecular complexity index is 1050. The van der Waals surface area contributed by atoms with Crippen molar-refractivity contribution in [2.45, 2.75) is 6.61 Å². The second-order valence-electron chi connectivity index (χ2n) is 6.12. The third kappa shape index (κ3) is 6.34. The number of ether oxygens (including phenoxy) is 1. The van der Waals surface area contributed by atoms with Gasteiger partial charge in [-0.2, -0.15) is 5.10 Å². The third-order valence-corrected chi connectivity index (χ3v) is 4.46. The van der Waals surface area contributed by atoms with Crippen LogP contribution >= 0.6 is 23.2 Å². The van der Waals surface area contributed by atoms with Gasteiger partial charge in [-0.15, -0.1) is 0 Å². The van der Waals surface area contributed by atoms with Crippen molar-refractivity contribution in [3.8, 4) is 5.75 Å². The van der Waals surface area contributed by atoms with Gasteiger partial charge in [0.15, 0.2) is 0 Å². The number of nitrogens with one attached hydrogen (secondary N) is 2. The molecule has 0 bridgehead atoms. The summed E-state index contributed by atoms with van der Waals surface area (Å²) in [6, 6.07) is 21.3. The Kier molecular flexibility index (Phi) is 7.43. The topological polar surface area (TPSA) is 79.8 Å². The zero-order chi connectivity index (χ0) is 21.3. The smallest absolute Gasteiger partial charge is 0.329 e. The molecule has 0 saturated carbocycles. The monoisotopic (exact) mass is 441 g/mol. The van der Waals surface area contributed by atoms with Gasteiger partial charge in [-0.05, 0) is 42.0 Å². The van der Waals surface area contributed by atoms with Gasteiger partial charge < -0.3 is 10.1 Å². The lowest BCUT2D eigenvalue weighted by atomic mass is 10.2. The zero-order valence-corrected chi connectivity index (χ0v) is 17.2. The van der Waals surface area contributed by atoms with E-state index >= 15 is 0 Å². The minimum Gasteiger partial charge on any atom is -0.489 e. The van der Waals surface area contributed by atoms with E-state index in [9.17, 15) is 9.59 Å². The van der Waals surface area contributed by atoms with Gasteiger partial charge in [0, 0.05) is 16.3 Å². The molecule has 3 rings (SSSR count). The lowest BCUT2D eigenvalue weighted by Crippen LogP contribution is -2.32. The van der Waals surface area contributed by atoms with Crippen LogP contribution in [0.4, 0.5) is 5.69 Å². The summed E-state index contributed by atoms with van der Waals surface area (Å²) in [5, 5.41) is 7.07. The molecule has 0 radical (unpaired) electrons. The third-order valence-electron chi connectivity index (χ3n) is 3.90. The summed E-state index contributed by atoms with van der Waals surface area (Å²) in [6.07, 6.45) is 1.32. The van der Waals surface area contributed by atoms with E-state index in [1.807, 2.05) is 30.3 Å². The number of hydrazone groups is 1. The minimum atomic E-state index is -0.916.